The normalized spacial score (nSPS) is 20.3. The Hall–Kier alpha value is -3.99. The molecule has 1 aromatic heterocycles. The van der Waals surface area contributed by atoms with Gasteiger partial charge < -0.3 is 19.7 Å². The second kappa shape index (κ2) is 11.0. The lowest BCUT2D eigenvalue weighted by Crippen LogP contribution is -2.40. The first kappa shape index (κ1) is 24.7. The molecule has 1 aliphatic carbocycles. The number of ether oxygens (including phenoxy) is 1. The molecule has 2 heterocycles. The third-order valence-corrected chi connectivity index (χ3v) is 7.45. The number of benzene rings is 2. The van der Waals surface area contributed by atoms with Gasteiger partial charge in [0.05, 0.1) is 22.7 Å². The molecule has 1 saturated heterocycles. The van der Waals surface area contributed by atoms with Crippen LogP contribution in [0.25, 0.3) is 10.9 Å². The van der Waals surface area contributed by atoms with Gasteiger partial charge in [0.25, 0.3) is 5.91 Å². The number of nitrogens with zero attached hydrogens (tertiary/aromatic N) is 3. The van der Waals surface area contributed by atoms with Gasteiger partial charge in [-0.15, -0.1) is 0 Å². The van der Waals surface area contributed by atoms with E-state index in [1.165, 1.54) is 6.07 Å². The summed E-state index contributed by atoms with van der Waals surface area (Å²) in [5.74, 6) is -0.165. The molecule has 0 spiro atoms. The SMILES string of the molecule is N#Cc1ccc(OC2CCC(NC(=O)c3ccc(N4CCC(C=O)CC4)cc3F)CC2)c2cccnc12. The maximum Gasteiger partial charge on any atom is 0.254 e. The minimum absolute atomic E-state index is 0.0103. The van der Waals surface area contributed by atoms with Gasteiger partial charge in [0.15, 0.2) is 0 Å². The van der Waals surface area contributed by atoms with Gasteiger partial charge in [-0.2, -0.15) is 5.26 Å². The number of amides is 1. The molecule has 1 saturated carbocycles. The number of pyridine rings is 1. The van der Waals surface area contributed by atoms with Gasteiger partial charge >= 0.3 is 0 Å². The van der Waals surface area contributed by atoms with Crippen molar-refractivity contribution in [2.24, 2.45) is 5.92 Å². The third-order valence-electron chi connectivity index (χ3n) is 7.45. The smallest absolute Gasteiger partial charge is 0.254 e. The van der Waals surface area contributed by atoms with Crippen LogP contribution >= 0.6 is 0 Å². The largest absolute Gasteiger partial charge is 0.490 e. The highest BCUT2D eigenvalue weighted by Crippen LogP contribution is 2.31. The molecule has 190 valence electrons. The fourth-order valence-corrected chi connectivity index (χ4v) is 5.29. The number of nitriles is 1. The summed E-state index contributed by atoms with van der Waals surface area (Å²) in [6.07, 6.45) is 7.14. The van der Waals surface area contributed by atoms with Crippen LogP contribution in [0.3, 0.4) is 0 Å². The lowest BCUT2D eigenvalue weighted by Gasteiger charge is -2.32. The molecule has 0 radical (unpaired) electrons. The van der Waals surface area contributed by atoms with Gasteiger partial charge in [-0.25, -0.2) is 4.39 Å². The summed E-state index contributed by atoms with van der Waals surface area (Å²) < 4.78 is 21.1. The number of hydrogen-bond acceptors (Lipinski definition) is 6. The quantitative estimate of drug-likeness (QED) is 0.490. The van der Waals surface area contributed by atoms with Crippen LogP contribution in [0, 0.1) is 23.1 Å². The number of carbonyl (C=O) groups is 2. The predicted molar refractivity (Wildman–Crippen MR) is 138 cm³/mol. The lowest BCUT2D eigenvalue weighted by molar-refractivity contribution is -0.111. The summed E-state index contributed by atoms with van der Waals surface area (Å²) in [5, 5.41) is 13.1. The van der Waals surface area contributed by atoms with Crippen molar-refractivity contribution >= 4 is 28.8 Å². The molecule has 7 nitrogen and oxygen atoms in total. The van der Waals surface area contributed by atoms with Crippen molar-refractivity contribution in [3.63, 3.8) is 0 Å². The average molecular weight is 501 g/mol. The van der Waals surface area contributed by atoms with Gasteiger partial charge in [0.1, 0.15) is 23.9 Å². The number of halogens is 1. The minimum atomic E-state index is -0.536. The van der Waals surface area contributed by atoms with E-state index in [1.807, 2.05) is 18.2 Å². The van der Waals surface area contributed by atoms with Crippen molar-refractivity contribution < 1.29 is 18.7 Å². The number of hydrogen-bond donors (Lipinski definition) is 1. The van der Waals surface area contributed by atoms with E-state index in [4.69, 9.17) is 4.74 Å². The topological polar surface area (TPSA) is 95.3 Å². The molecule has 2 aromatic carbocycles. The molecule has 5 rings (SSSR count). The molecule has 1 amide bonds. The van der Waals surface area contributed by atoms with E-state index in [1.54, 1.807) is 24.4 Å². The molecular formula is C29H29FN4O3. The average Bonchev–Trinajstić information content (AvgIpc) is 2.94. The van der Waals surface area contributed by atoms with Crippen molar-refractivity contribution in [2.45, 2.75) is 50.7 Å². The highest BCUT2D eigenvalue weighted by molar-refractivity contribution is 5.95. The molecule has 0 unspecified atom stereocenters. The number of rotatable bonds is 6. The van der Waals surface area contributed by atoms with E-state index in [-0.39, 0.29) is 23.6 Å². The van der Waals surface area contributed by atoms with Crippen LogP contribution in [-0.2, 0) is 4.79 Å². The van der Waals surface area contributed by atoms with E-state index in [9.17, 15) is 19.2 Å². The van der Waals surface area contributed by atoms with Crippen molar-refractivity contribution in [2.75, 3.05) is 18.0 Å². The van der Waals surface area contributed by atoms with E-state index < -0.39 is 11.7 Å². The zero-order valence-corrected chi connectivity index (χ0v) is 20.5. The maximum absolute atomic E-state index is 14.8. The summed E-state index contributed by atoms with van der Waals surface area (Å²) in [4.78, 5) is 30.2. The summed E-state index contributed by atoms with van der Waals surface area (Å²) in [7, 11) is 0. The second-order valence-electron chi connectivity index (χ2n) is 9.81. The van der Waals surface area contributed by atoms with E-state index in [2.05, 4.69) is 21.3 Å². The maximum atomic E-state index is 14.8. The van der Waals surface area contributed by atoms with E-state index in [0.29, 0.717) is 29.9 Å². The van der Waals surface area contributed by atoms with Crippen LogP contribution in [0.15, 0.2) is 48.7 Å². The lowest BCUT2D eigenvalue weighted by atomic mass is 9.92. The van der Waals surface area contributed by atoms with Gasteiger partial charge in [0.2, 0.25) is 0 Å². The molecule has 1 N–H and O–H groups in total. The van der Waals surface area contributed by atoms with Crippen molar-refractivity contribution in [3.05, 3.63) is 65.6 Å². The Bertz CT molecular complexity index is 1340. The molecule has 2 fully saturated rings. The van der Waals surface area contributed by atoms with Crippen LogP contribution in [0.4, 0.5) is 10.1 Å². The van der Waals surface area contributed by atoms with Crippen molar-refractivity contribution in [3.8, 4) is 11.8 Å². The Kier molecular flexibility index (Phi) is 7.31. The summed E-state index contributed by atoms with van der Waals surface area (Å²) in [6, 6.07) is 14.1. The Balaban J connectivity index is 1.16. The zero-order chi connectivity index (χ0) is 25.8. The molecule has 0 bridgehead atoms. The van der Waals surface area contributed by atoms with Gasteiger partial charge in [-0.1, -0.05) is 0 Å². The molecule has 1 aliphatic heterocycles. The number of piperidine rings is 1. The number of aldehydes is 1. The fourth-order valence-electron chi connectivity index (χ4n) is 5.29. The molecule has 0 atom stereocenters. The first-order chi connectivity index (χ1) is 18.1. The van der Waals surface area contributed by atoms with Crippen molar-refractivity contribution in [1.29, 1.82) is 5.26 Å². The Labute approximate surface area is 215 Å². The Morgan fingerprint density at radius 1 is 1.11 bits per heavy atom. The monoisotopic (exact) mass is 500 g/mol. The number of nitrogens with one attached hydrogen (secondary N) is 1. The predicted octanol–water partition coefficient (Wildman–Crippen LogP) is 4.78. The van der Waals surface area contributed by atoms with E-state index >= 15 is 0 Å². The molecule has 8 heteroatoms. The molecule has 37 heavy (non-hydrogen) atoms. The van der Waals surface area contributed by atoms with Gasteiger partial charge in [-0.3, -0.25) is 9.78 Å². The molecule has 2 aliphatic rings. The highest BCUT2D eigenvalue weighted by atomic mass is 19.1. The third kappa shape index (κ3) is 5.41. The molecular weight excluding hydrogens is 471 g/mol. The standard InChI is InChI=1S/C29H29FN4O3/c30-26-16-22(34-14-11-19(18-35)12-15-34)6-9-24(26)29(36)33-21-4-7-23(8-5-21)37-27-10-3-20(17-31)28-25(27)2-1-13-32-28/h1-3,6,9-10,13,16,18-19,21,23H,4-5,7-8,11-12,14-15H2,(H,33,36). The minimum Gasteiger partial charge on any atom is -0.490 e. The van der Waals surface area contributed by atoms with Crippen LogP contribution in [0.5, 0.6) is 5.75 Å². The van der Waals surface area contributed by atoms with Gasteiger partial charge in [-0.05, 0) is 81.0 Å². The highest BCUT2D eigenvalue weighted by Gasteiger charge is 2.26. The van der Waals surface area contributed by atoms with E-state index in [0.717, 1.165) is 55.9 Å². The molecule has 3 aromatic rings. The number of aromatic nitrogens is 1. The number of fused-ring (bicyclic) bond motifs is 1. The van der Waals surface area contributed by atoms with Crippen LogP contribution in [-0.4, -0.2) is 42.4 Å². The van der Waals surface area contributed by atoms with Crippen LogP contribution < -0.4 is 15.0 Å². The summed E-state index contributed by atoms with van der Waals surface area (Å²) >= 11 is 0. The van der Waals surface area contributed by atoms with Crippen LogP contribution in [0.1, 0.15) is 54.4 Å². The van der Waals surface area contributed by atoms with Crippen molar-refractivity contribution in [1.82, 2.24) is 10.3 Å². The fraction of sp³-hybridized carbons (Fsp3) is 0.379. The number of carbonyl (C=O) groups excluding carboxylic acids is 2. The Morgan fingerprint density at radius 3 is 2.59 bits per heavy atom. The number of anilines is 1. The van der Waals surface area contributed by atoms with Gasteiger partial charge in [0, 0.05) is 42.3 Å². The second-order valence-corrected chi connectivity index (χ2v) is 9.81. The first-order valence-corrected chi connectivity index (χ1v) is 12.8. The summed E-state index contributed by atoms with van der Waals surface area (Å²) in [5.41, 5.74) is 1.92. The first-order valence-electron chi connectivity index (χ1n) is 12.8. The van der Waals surface area contributed by atoms with Crippen LogP contribution in [0.2, 0.25) is 0 Å². The zero-order valence-electron chi connectivity index (χ0n) is 20.5. The Morgan fingerprint density at radius 2 is 1.89 bits per heavy atom. The summed E-state index contributed by atoms with van der Waals surface area (Å²) in [6.45, 7) is 1.41.